The molecule has 0 saturated carbocycles. The predicted octanol–water partition coefficient (Wildman–Crippen LogP) is 4.93. The van der Waals surface area contributed by atoms with Crippen LogP contribution in [-0.2, 0) is 22.1 Å². The van der Waals surface area contributed by atoms with Crippen molar-refractivity contribution in [1.82, 2.24) is 0 Å². The normalized spacial score (nSPS) is 11.2. The lowest BCUT2D eigenvalue weighted by atomic mass is 10.2. The summed E-state index contributed by atoms with van der Waals surface area (Å²) < 4.78 is 25.3. The molecular weight excluding hydrogens is 354 g/mol. The first-order valence-corrected chi connectivity index (χ1v) is 9.92. The number of nitrogens with one attached hydrogen (secondary N) is 1. The van der Waals surface area contributed by atoms with Gasteiger partial charge in [-0.2, -0.15) is 0 Å². The molecule has 0 fully saturated rings. The third kappa shape index (κ3) is 4.62. The van der Waals surface area contributed by atoms with Crippen molar-refractivity contribution < 1.29 is 8.42 Å². The van der Waals surface area contributed by atoms with Crippen molar-refractivity contribution in [2.45, 2.75) is 17.2 Å². The molecule has 128 valence electrons. The van der Waals surface area contributed by atoms with Crippen LogP contribution in [0.25, 0.3) is 0 Å². The first-order chi connectivity index (χ1) is 12.0. The standard InChI is InChI=1S/C20H18ClNO2S/c21-18-11-12-20(22-14-16-7-3-1-4-8-16)17(13-18)15-25(23,24)19-9-5-2-6-10-19/h1-13,22H,14-15H2. The van der Waals surface area contributed by atoms with E-state index in [9.17, 15) is 8.42 Å². The van der Waals surface area contributed by atoms with Crippen molar-refractivity contribution in [2.24, 2.45) is 0 Å². The Kier molecular flexibility index (Phi) is 5.41. The molecule has 0 saturated heterocycles. The van der Waals surface area contributed by atoms with E-state index < -0.39 is 9.84 Å². The van der Waals surface area contributed by atoms with E-state index in [0.717, 1.165) is 11.3 Å². The zero-order valence-corrected chi connectivity index (χ0v) is 15.1. The van der Waals surface area contributed by atoms with Gasteiger partial charge in [0.05, 0.1) is 10.6 Å². The third-order valence-electron chi connectivity index (χ3n) is 3.84. The van der Waals surface area contributed by atoms with Gasteiger partial charge in [-0.15, -0.1) is 0 Å². The van der Waals surface area contributed by atoms with E-state index in [-0.39, 0.29) is 5.75 Å². The molecule has 3 nitrogen and oxygen atoms in total. The maximum Gasteiger partial charge on any atom is 0.182 e. The van der Waals surface area contributed by atoms with Crippen LogP contribution in [0.5, 0.6) is 0 Å². The van der Waals surface area contributed by atoms with Gasteiger partial charge in [-0.1, -0.05) is 60.1 Å². The lowest BCUT2D eigenvalue weighted by molar-refractivity contribution is 0.595. The molecule has 0 bridgehead atoms. The first kappa shape index (κ1) is 17.5. The monoisotopic (exact) mass is 371 g/mol. The summed E-state index contributed by atoms with van der Waals surface area (Å²) in [6, 6.07) is 23.7. The van der Waals surface area contributed by atoms with Gasteiger partial charge in [0.25, 0.3) is 0 Å². The topological polar surface area (TPSA) is 46.2 Å². The van der Waals surface area contributed by atoms with Crippen molar-refractivity contribution >= 4 is 27.1 Å². The molecule has 0 amide bonds. The minimum Gasteiger partial charge on any atom is -0.381 e. The molecule has 0 unspecified atom stereocenters. The second-order valence-corrected chi connectivity index (χ2v) is 8.14. The highest BCUT2D eigenvalue weighted by Crippen LogP contribution is 2.26. The predicted molar refractivity (Wildman–Crippen MR) is 103 cm³/mol. The molecule has 0 heterocycles. The van der Waals surface area contributed by atoms with E-state index in [1.54, 1.807) is 42.5 Å². The van der Waals surface area contributed by atoms with E-state index in [4.69, 9.17) is 11.6 Å². The minimum atomic E-state index is -3.43. The first-order valence-electron chi connectivity index (χ1n) is 7.89. The van der Waals surface area contributed by atoms with E-state index >= 15 is 0 Å². The summed E-state index contributed by atoms with van der Waals surface area (Å²) in [4.78, 5) is 0.309. The van der Waals surface area contributed by atoms with Crippen LogP contribution in [-0.4, -0.2) is 8.42 Å². The molecule has 3 rings (SSSR count). The second kappa shape index (κ2) is 7.72. The number of hydrogen-bond acceptors (Lipinski definition) is 3. The fourth-order valence-corrected chi connectivity index (χ4v) is 4.14. The van der Waals surface area contributed by atoms with Gasteiger partial charge in [0, 0.05) is 17.3 Å². The number of anilines is 1. The van der Waals surface area contributed by atoms with Gasteiger partial charge in [0.2, 0.25) is 0 Å². The van der Waals surface area contributed by atoms with Crippen LogP contribution in [0.15, 0.2) is 83.8 Å². The molecule has 0 aliphatic heterocycles. The molecular formula is C20H18ClNO2S. The van der Waals surface area contributed by atoms with Crippen molar-refractivity contribution in [2.75, 3.05) is 5.32 Å². The van der Waals surface area contributed by atoms with E-state index in [0.29, 0.717) is 22.0 Å². The van der Waals surface area contributed by atoms with Gasteiger partial charge < -0.3 is 5.32 Å². The maximum absolute atomic E-state index is 12.7. The summed E-state index contributed by atoms with van der Waals surface area (Å²) in [6.07, 6.45) is 0. The summed E-state index contributed by atoms with van der Waals surface area (Å²) in [5, 5.41) is 3.82. The van der Waals surface area contributed by atoms with Gasteiger partial charge in [-0.05, 0) is 41.5 Å². The molecule has 5 heteroatoms. The lowest BCUT2D eigenvalue weighted by Gasteiger charge is -2.13. The second-order valence-electron chi connectivity index (χ2n) is 5.71. The van der Waals surface area contributed by atoms with Crippen LogP contribution in [0.2, 0.25) is 5.02 Å². The van der Waals surface area contributed by atoms with Crippen molar-refractivity contribution in [3.63, 3.8) is 0 Å². The van der Waals surface area contributed by atoms with Crippen molar-refractivity contribution in [3.05, 3.63) is 95.0 Å². The van der Waals surface area contributed by atoms with Gasteiger partial charge in [0.15, 0.2) is 9.84 Å². The zero-order valence-electron chi connectivity index (χ0n) is 13.5. The number of hydrogen-bond donors (Lipinski definition) is 1. The Morgan fingerprint density at radius 3 is 2.16 bits per heavy atom. The summed E-state index contributed by atoms with van der Waals surface area (Å²) >= 11 is 6.09. The van der Waals surface area contributed by atoms with Crippen LogP contribution in [0.3, 0.4) is 0 Å². The Labute approximate surface area is 153 Å². The van der Waals surface area contributed by atoms with Crippen LogP contribution < -0.4 is 5.32 Å². The Hall–Kier alpha value is -2.30. The molecule has 0 aliphatic carbocycles. The molecule has 25 heavy (non-hydrogen) atoms. The highest BCUT2D eigenvalue weighted by atomic mass is 35.5. The summed E-state index contributed by atoms with van der Waals surface area (Å²) in [5.74, 6) is -0.102. The Balaban J connectivity index is 1.84. The zero-order chi connectivity index (χ0) is 17.7. The highest BCUT2D eigenvalue weighted by molar-refractivity contribution is 7.90. The molecule has 0 spiro atoms. The fraction of sp³-hybridized carbons (Fsp3) is 0.100. The van der Waals surface area contributed by atoms with Gasteiger partial charge in [-0.25, -0.2) is 8.42 Å². The Morgan fingerprint density at radius 1 is 0.840 bits per heavy atom. The van der Waals surface area contributed by atoms with Crippen molar-refractivity contribution in [3.8, 4) is 0 Å². The molecule has 3 aromatic carbocycles. The van der Waals surface area contributed by atoms with E-state index in [2.05, 4.69) is 5.32 Å². The van der Waals surface area contributed by atoms with Gasteiger partial charge >= 0.3 is 0 Å². The largest absolute Gasteiger partial charge is 0.381 e. The molecule has 0 aromatic heterocycles. The van der Waals surface area contributed by atoms with Gasteiger partial charge in [-0.3, -0.25) is 0 Å². The van der Waals surface area contributed by atoms with Crippen LogP contribution in [0, 0.1) is 0 Å². The quantitative estimate of drug-likeness (QED) is 0.668. The van der Waals surface area contributed by atoms with Gasteiger partial charge in [0.1, 0.15) is 0 Å². The molecule has 0 atom stereocenters. The smallest absolute Gasteiger partial charge is 0.182 e. The average molecular weight is 372 g/mol. The Bertz CT molecular complexity index is 942. The molecule has 0 aliphatic rings. The fourth-order valence-electron chi connectivity index (χ4n) is 2.56. The van der Waals surface area contributed by atoms with Crippen LogP contribution >= 0.6 is 11.6 Å². The van der Waals surface area contributed by atoms with Crippen LogP contribution in [0.4, 0.5) is 5.69 Å². The summed E-state index contributed by atoms with van der Waals surface area (Å²) in [6.45, 7) is 0.612. The molecule has 3 aromatic rings. The SMILES string of the molecule is O=S(=O)(Cc1cc(Cl)ccc1NCc1ccccc1)c1ccccc1. The van der Waals surface area contributed by atoms with Crippen molar-refractivity contribution in [1.29, 1.82) is 0 Å². The average Bonchev–Trinajstić information content (AvgIpc) is 2.62. The number of halogens is 1. The maximum atomic E-state index is 12.7. The third-order valence-corrected chi connectivity index (χ3v) is 5.76. The lowest BCUT2D eigenvalue weighted by Crippen LogP contribution is -2.08. The number of sulfone groups is 1. The Morgan fingerprint density at radius 2 is 1.48 bits per heavy atom. The van der Waals surface area contributed by atoms with E-state index in [1.807, 2.05) is 36.4 Å². The summed E-state index contributed by atoms with van der Waals surface area (Å²) in [5.41, 5.74) is 2.55. The van der Waals surface area contributed by atoms with E-state index in [1.165, 1.54) is 0 Å². The number of benzene rings is 3. The van der Waals surface area contributed by atoms with Crippen LogP contribution in [0.1, 0.15) is 11.1 Å². The molecule has 1 N–H and O–H groups in total. The minimum absolute atomic E-state index is 0.102. The number of rotatable bonds is 6. The highest BCUT2D eigenvalue weighted by Gasteiger charge is 2.17. The summed E-state index contributed by atoms with van der Waals surface area (Å²) in [7, 11) is -3.43. The molecule has 0 radical (unpaired) electrons.